The van der Waals surface area contributed by atoms with Crippen molar-refractivity contribution >= 4 is 5.69 Å². The van der Waals surface area contributed by atoms with Crippen LogP contribution in [0.4, 0.5) is 14.5 Å². The van der Waals surface area contributed by atoms with E-state index >= 15 is 0 Å². The van der Waals surface area contributed by atoms with Gasteiger partial charge in [0.1, 0.15) is 6.61 Å². The standard InChI is InChI=1S/C10H13F2NO/c1-13(2)9-5-3-4-8(6-9)10(11,12)7-14/h3-6,14H,7H2,1-2H3. The highest BCUT2D eigenvalue weighted by molar-refractivity contribution is 5.48. The van der Waals surface area contributed by atoms with Crippen molar-refractivity contribution in [1.82, 2.24) is 0 Å². The Morgan fingerprint density at radius 1 is 1.36 bits per heavy atom. The highest BCUT2D eigenvalue weighted by Crippen LogP contribution is 2.29. The van der Waals surface area contributed by atoms with Crippen LogP contribution in [0.15, 0.2) is 24.3 Å². The topological polar surface area (TPSA) is 23.5 Å². The summed E-state index contributed by atoms with van der Waals surface area (Å²) in [4.78, 5) is 1.73. The Labute approximate surface area is 81.8 Å². The van der Waals surface area contributed by atoms with Crippen LogP contribution in [-0.4, -0.2) is 25.8 Å². The zero-order valence-electron chi connectivity index (χ0n) is 8.17. The van der Waals surface area contributed by atoms with Crippen LogP contribution in [0.25, 0.3) is 0 Å². The van der Waals surface area contributed by atoms with Gasteiger partial charge in [0.05, 0.1) is 0 Å². The van der Waals surface area contributed by atoms with Gasteiger partial charge in [-0.05, 0) is 12.1 Å². The molecule has 0 aliphatic rings. The van der Waals surface area contributed by atoms with Gasteiger partial charge in [0.25, 0.3) is 5.92 Å². The Hall–Kier alpha value is -1.16. The van der Waals surface area contributed by atoms with Crippen LogP contribution in [-0.2, 0) is 5.92 Å². The average molecular weight is 201 g/mol. The summed E-state index contributed by atoms with van der Waals surface area (Å²) in [6.45, 7) is -1.16. The van der Waals surface area contributed by atoms with E-state index in [0.29, 0.717) is 5.69 Å². The second-order valence-electron chi connectivity index (χ2n) is 3.31. The van der Waals surface area contributed by atoms with Gasteiger partial charge in [0, 0.05) is 25.3 Å². The highest BCUT2D eigenvalue weighted by atomic mass is 19.3. The molecule has 1 rings (SSSR count). The monoisotopic (exact) mass is 201 g/mol. The van der Waals surface area contributed by atoms with E-state index in [2.05, 4.69) is 0 Å². The van der Waals surface area contributed by atoms with Gasteiger partial charge < -0.3 is 10.0 Å². The number of nitrogens with zero attached hydrogens (tertiary/aromatic N) is 1. The van der Waals surface area contributed by atoms with Crippen LogP contribution < -0.4 is 4.90 Å². The summed E-state index contributed by atoms with van der Waals surface area (Å²) in [5, 5.41) is 8.51. The number of anilines is 1. The highest BCUT2D eigenvalue weighted by Gasteiger charge is 2.30. The summed E-state index contributed by atoms with van der Waals surface area (Å²) < 4.78 is 26.1. The number of rotatable bonds is 3. The van der Waals surface area contributed by atoms with Gasteiger partial charge in [-0.2, -0.15) is 8.78 Å². The Balaban J connectivity index is 3.05. The fourth-order valence-electron chi connectivity index (χ4n) is 1.10. The van der Waals surface area contributed by atoms with Gasteiger partial charge in [-0.1, -0.05) is 12.1 Å². The maximum atomic E-state index is 13.1. The number of halogens is 2. The molecule has 0 aromatic heterocycles. The Morgan fingerprint density at radius 3 is 2.50 bits per heavy atom. The lowest BCUT2D eigenvalue weighted by Gasteiger charge is -2.17. The first-order chi connectivity index (χ1) is 6.47. The molecule has 0 atom stereocenters. The average Bonchev–Trinajstić information content (AvgIpc) is 2.18. The fourth-order valence-corrected chi connectivity index (χ4v) is 1.10. The lowest BCUT2D eigenvalue weighted by Crippen LogP contribution is -2.19. The van der Waals surface area contributed by atoms with E-state index < -0.39 is 12.5 Å². The lowest BCUT2D eigenvalue weighted by atomic mass is 10.1. The van der Waals surface area contributed by atoms with Gasteiger partial charge in [-0.15, -0.1) is 0 Å². The molecule has 0 saturated heterocycles. The van der Waals surface area contributed by atoms with Crippen LogP contribution in [0.5, 0.6) is 0 Å². The van der Waals surface area contributed by atoms with Crippen LogP contribution in [0.3, 0.4) is 0 Å². The summed E-state index contributed by atoms with van der Waals surface area (Å²) in [5.74, 6) is -3.16. The smallest absolute Gasteiger partial charge is 0.295 e. The van der Waals surface area contributed by atoms with Gasteiger partial charge in [-0.3, -0.25) is 0 Å². The largest absolute Gasteiger partial charge is 0.390 e. The quantitative estimate of drug-likeness (QED) is 0.806. The molecule has 0 saturated carbocycles. The SMILES string of the molecule is CN(C)c1cccc(C(F)(F)CO)c1. The van der Waals surface area contributed by atoms with Crippen LogP contribution in [0.2, 0.25) is 0 Å². The minimum atomic E-state index is -3.16. The molecule has 0 radical (unpaired) electrons. The minimum Gasteiger partial charge on any atom is -0.390 e. The molecule has 0 amide bonds. The third kappa shape index (κ3) is 2.20. The van der Waals surface area contributed by atoms with Gasteiger partial charge in [-0.25, -0.2) is 0 Å². The molecule has 0 fully saturated rings. The molecule has 1 aromatic rings. The number of benzene rings is 1. The first-order valence-electron chi connectivity index (χ1n) is 4.24. The molecule has 0 bridgehead atoms. The maximum Gasteiger partial charge on any atom is 0.295 e. The van der Waals surface area contributed by atoms with E-state index in [9.17, 15) is 8.78 Å². The second kappa shape index (κ2) is 3.92. The van der Waals surface area contributed by atoms with Crippen LogP contribution in [0, 0.1) is 0 Å². The Morgan fingerprint density at radius 2 is 2.00 bits per heavy atom. The molecule has 1 aromatic carbocycles. The summed E-state index contributed by atoms with van der Waals surface area (Å²) in [6.07, 6.45) is 0. The number of alkyl halides is 2. The fraction of sp³-hybridized carbons (Fsp3) is 0.400. The molecule has 1 N–H and O–H groups in total. The van der Waals surface area contributed by atoms with Gasteiger partial charge >= 0.3 is 0 Å². The molecule has 0 aliphatic heterocycles. The van der Waals surface area contributed by atoms with Crippen molar-refractivity contribution in [1.29, 1.82) is 0 Å². The van der Waals surface area contributed by atoms with E-state index in [-0.39, 0.29) is 5.56 Å². The maximum absolute atomic E-state index is 13.1. The van der Waals surface area contributed by atoms with Crippen molar-refractivity contribution in [2.45, 2.75) is 5.92 Å². The molecule has 2 nitrogen and oxygen atoms in total. The van der Waals surface area contributed by atoms with Gasteiger partial charge in [0.15, 0.2) is 0 Å². The molecule has 4 heteroatoms. The van der Waals surface area contributed by atoms with Crippen molar-refractivity contribution in [2.24, 2.45) is 0 Å². The number of aliphatic hydroxyl groups excluding tert-OH is 1. The predicted octanol–water partition coefficient (Wildman–Crippen LogP) is 1.84. The molecule has 0 spiro atoms. The summed E-state index contributed by atoms with van der Waals surface area (Å²) >= 11 is 0. The molecule has 0 unspecified atom stereocenters. The predicted molar refractivity (Wildman–Crippen MR) is 51.7 cm³/mol. The zero-order chi connectivity index (χ0) is 10.8. The van der Waals surface area contributed by atoms with E-state index in [1.54, 1.807) is 31.1 Å². The first-order valence-corrected chi connectivity index (χ1v) is 4.24. The number of aliphatic hydroxyl groups is 1. The molecule has 0 aliphatic carbocycles. The molecular formula is C10H13F2NO. The van der Waals surface area contributed by atoms with Crippen molar-refractivity contribution in [2.75, 3.05) is 25.6 Å². The van der Waals surface area contributed by atoms with Crippen LogP contribution >= 0.6 is 0 Å². The van der Waals surface area contributed by atoms with Crippen molar-refractivity contribution in [3.63, 3.8) is 0 Å². The van der Waals surface area contributed by atoms with Gasteiger partial charge in [0.2, 0.25) is 0 Å². The Bertz CT molecular complexity index is 313. The summed E-state index contributed by atoms with van der Waals surface area (Å²) in [6, 6.07) is 5.96. The summed E-state index contributed by atoms with van der Waals surface area (Å²) in [5.41, 5.74) is 0.529. The second-order valence-corrected chi connectivity index (χ2v) is 3.31. The van der Waals surface area contributed by atoms with E-state index in [4.69, 9.17) is 5.11 Å². The third-order valence-corrected chi connectivity index (χ3v) is 1.98. The third-order valence-electron chi connectivity index (χ3n) is 1.98. The molecule has 78 valence electrons. The summed E-state index contributed by atoms with van der Waals surface area (Å²) in [7, 11) is 3.55. The Kier molecular flexibility index (Phi) is 3.06. The van der Waals surface area contributed by atoms with Crippen molar-refractivity contribution in [3.8, 4) is 0 Å². The number of hydrogen-bond acceptors (Lipinski definition) is 2. The molecule has 0 heterocycles. The van der Waals surface area contributed by atoms with E-state index in [1.165, 1.54) is 12.1 Å². The molecular weight excluding hydrogens is 188 g/mol. The zero-order valence-corrected chi connectivity index (χ0v) is 8.17. The molecule has 14 heavy (non-hydrogen) atoms. The van der Waals surface area contributed by atoms with Crippen molar-refractivity contribution in [3.05, 3.63) is 29.8 Å². The normalized spacial score (nSPS) is 11.5. The van der Waals surface area contributed by atoms with Crippen LogP contribution in [0.1, 0.15) is 5.56 Å². The number of hydrogen-bond donors (Lipinski definition) is 1. The van der Waals surface area contributed by atoms with E-state index in [1.807, 2.05) is 0 Å². The minimum absolute atomic E-state index is 0.161. The first kappa shape index (κ1) is 10.9. The lowest BCUT2D eigenvalue weighted by molar-refractivity contribution is -0.0555. The van der Waals surface area contributed by atoms with E-state index in [0.717, 1.165) is 0 Å². The van der Waals surface area contributed by atoms with Crippen molar-refractivity contribution < 1.29 is 13.9 Å².